The molecule has 0 atom stereocenters. The predicted octanol–water partition coefficient (Wildman–Crippen LogP) is 0.906. The van der Waals surface area contributed by atoms with Crippen molar-refractivity contribution in [2.75, 3.05) is 0 Å². The van der Waals surface area contributed by atoms with Crippen molar-refractivity contribution < 1.29 is 9.90 Å². The lowest BCUT2D eigenvalue weighted by atomic mass is 10.1. The van der Waals surface area contributed by atoms with Crippen LogP contribution in [0.1, 0.15) is 17.0 Å². The third-order valence-electron chi connectivity index (χ3n) is 2.56. The lowest BCUT2D eigenvalue weighted by molar-refractivity contribution is -0.136. The summed E-state index contributed by atoms with van der Waals surface area (Å²) in [5.41, 5.74) is 2.99. The summed E-state index contributed by atoms with van der Waals surface area (Å²) in [4.78, 5) is 11.9. The van der Waals surface area contributed by atoms with Crippen LogP contribution in [0.5, 0.6) is 0 Å². The van der Waals surface area contributed by atoms with Crippen LogP contribution in [0.2, 0.25) is 0 Å². The van der Waals surface area contributed by atoms with Gasteiger partial charge in [0.05, 0.1) is 5.69 Å². The molecule has 0 amide bonds. The Morgan fingerprint density at radius 2 is 2.18 bits per heavy atom. The Labute approximate surface area is 97.9 Å². The molecule has 0 saturated carbocycles. The molecule has 0 aliphatic carbocycles. The van der Waals surface area contributed by atoms with Gasteiger partial charge in [-0.3, -0.25) is 4.79 Å². The van der Waals surface area contributed by atoms with Gasteiger partial charge in [-0.15, -0.1) is 15.0 Å². The number of aliphatic carboxylic acids is 1. The molecule has 0 unspecified atom stereocenters. The average molecular weight is 232 g/mol. The summed E-state index contributed by atoms with van der Waals surface area (Å²) < 4.78 is 0. The Kier molecular flexibility index (Phi) is 2.86. The van der Waals surface area contributed by atoms with Gasteiger partial charge in [0.1, 0.15) is 6.42 Å². The summed E-state index contributed by atoms with van der Waals surface area (Å²) in [6, 6.07) is 5.76. The van der Waals surface area contributed by atoms with E-state index in [-0.39, 0.29) is 12.2 Å². The van der Waals surface area contributed by atoms with Crippen LogP contribution in [0.4, 0.5) is 0 Å². The smallest absolute Gasteiger partial charge is 0.311 e. The van der Waals surface area contributed by atoms with E-state index in [1.54, 1.807) is 0 Å². The van der Waals surface area contributed by atoms with Crippen molar-refractivity contribution >= 4 is 5.97 Å². The highest BCUT2D eigenvalue weighted by molar-refractivity contribution is 5.68. The minimum absolute atomic E-state index is 0.207. The second-order valence-electron chi connectivity index (χ2n) is 3.78. The molecular weight excluding hydrogens is 220 g/mol. The number of aryl methyl sites for hydroxylation is 1. The van der Waals surface area contributed by atoms with Crippen molar-refractivity contribution in [1.82, 2.24) is 20.2 Å². The van der Waals surface area contributed by atoms with Crippen LogP contribution in [-0.4, -0.2) is 31.3 Å². The Bertz CT molecular complexity index is 562. The van der Waals surface area contributed by atoms with E-state index in [0.717, 1.165) is 16.8 Å². The summed E-state index contributed by atoms with van der Waals surface area (Å²) in [5.74, 6) is -0.760. The van der Waals surface area contributed by atoms with E-state index in [1.807, 2.05) is 32.0 Å². The van der Waals surface area contributed by atoms with Crippen LogP contribution in [-0.2, 0) is 11.2 Å². The van der Waals surface area contributed by atoms with Gasteiger partial charge < -0.3 is 5.11 Å². The Morgan fingerprint density at radius 3 is 2.88 bits per heavy atom. The zero-order valence-electron chi connectivity index (χ0n) is 9.58. The van der Waals surface area contributed by atoms with Crippen LogP contribution >= 0.6 is 0 Å². The summed E-state index contributed by atoms with van der Waals surface area (Å²) in [6.07, 6.45) is -0.217. The second kappa shape index (κ2) is 4.32. The van der Waals surface area contributed by atoms with Crippen LogP contribution in [0, 0.1) is 13.8 Å². The molecule has 6 heteroatoms. The maximum absolute atomic E-state index is 10.5. The number of aromatic nitrogens is 4. The first-order chi connectivity index (χ1) is 8.08. The number of tetrazole rings is 1. The number of rotatable bonds is 3. The zero-order chi connectivity index (χ0) is 12.4. The largest absolute Gasteiger partial charge is 0.481 e. The lowest BCUT2D eigenvalue weighted by Crippen LogP contribution is -2.05. The lowest BCUT2D eigenvalue weighted by Gasteiger charge is -2.05. The number of nitrogens with zero attached hydrogens (tertiary/aromatic N) is 4. The van der Waals surface area contributed by atoms with Gasteiger partial charge in [-0.25, -0.2) is 0 Å². The Morgan fingerprint density at radius 1 is 1.41 bits per heavy atom. The summed E-state index contributed by atoms with van der Waals surface area (Å²) in [5, 5.41) is 20.2. The van der Waals surface area contributed by atoms with Crippen molar-refractivity contribution in [3.8, 4) is 5.69 Å². The molecule has 0 aliphatic heterocycles. The second-order valence-corrected chi connectivity index (χ2v) is 3.78. The maximum atomic E-state index is 10.5. The third-order valence-corrected chi connectivity index (χ3v) is 2.56. The van der Waals surface area contributed by atoms with E-state index in [9.17, 15) is 4.79 Å². The molecule has 0 bridgehead atoms. The van der Waals surface area contributed by atoms with Crippen LogP contribution < -0.4 is 0 Å². The fraction of sp³-hybridized carbons (Fsp3) is 0.273. The fourth-order valence-corrected chi connectivity index (χ4v) is 1.50. The van der Waals surface area contributed by atoms with E-state index >= 15 is 0 Å². The predicted molar refractivity (Wildman–Crippen MR) is 60.0 cm³/mol. The van der Waals surface area contributed by atoms with Gasteiger partial charge in [-0.05, 0) is 36.3 Å². The quantitative estimate of drug-likeness (QED) is 0.850. The number of carboxylic acid groups (broad SMARTS) is 1. The number of hydrogen-bond acceptors (Lipinski definition) is 4. The highest BCUT2D eigenvalue weighted by Crippen LogP contribution is 2.15. The number of hydrogen-bond donors (Lipinski definition) is 1. The molecule has 17 heavy (non-hydrogen) atoms. The molecule has 0 radical (unpaired) electrons. The highest BCUT2D eigenvalue weighted by atomic mass is 16.4. The molecule has 1 aromatic heterocycles. The molecule has 1 aromatic carbocycles. The highest BCUT2D eigenvalue weighted by Gasteiger charge is 2.10. The Balaban J connectivity index is 2.37. The molecule has 88 valence electrons. The molecule has 1 N–H and O–H groups in total. The summed E-state index contributed by atoms with van der Waals surface area (Å²) in [7, 11) is 0. The van der Waals surface area contributed by atoms with Gasteiger partial charge in [-0.2, -0.15) is 0 Å². The van der Waals surface area contributed by atoms with Gasteiger partial charge in [-0.1, -0.05) is 12.1 Å². The monoisotopic (exact) mass is 232 g/mol. The first kappa shape index (κ1) is 11.3. The molecular formula is C11H12N4O2. The molecule has 0 aliphatic rings. The van der Waals surface area contributed by atoms with E-state index in [4.69, 9.17) is 5.11 Å². The summed E-state index contributed by atoms with van der Waals surface area (Å²) >= 11 is 0. The first-order valence-electron chi connectivity index (χ1n) is 5.15. The molecule has 0 fully saturated rings. The molecule has 6 nitrogen and oxygen atoms in total. The third kappa shape index (κ3) is 2.30. The van der Waals surface area contributed by atoms with Crippen LogP contribution in [0.15, 0.2) is 18.2 Å². The number of carbonyl (C=O) groups is 1. The van der Waals surface area contributed by atoms with Crippen molar-refractivity contribution in [1.29, 1.82) is 0 Å². The van der Waals surface area contributed by atoms with E-state index < -0.39 is 5.97 Å². The normalized spacial score (nSPS) is 10.5. The minimum Gasteiger partial charge on any atom is -0.481 e. The maximum Gasteiger partial charge on any atom is 0.311 e. The SMILES string of the molecule is Cc1cccc(-n2nnc(CC(=O)O)n2)c1C. The van der Waals surface area contributed by atoms with E-state index in [1.165, 1.54) is 4.80 Å². The average Bonchev–Trinajstić information content (AvgIpc) is 2.69. The minimum atomic E-state index is -0.967. The van der Waals surface area contributed by atoms with Gasteiger partial charge in [0, 0.05) is 0 Å². The van der Waals surface area contributed by atoms with Gasteiger partial charge >= 0.3 is 5.97 Å². The fourth-order valence-electron chi connectivity index (χ4n) is 1.50. The zero-order valence-corrected chi connectivity index (χ0v) is 9.58. The van der Waals surface area contributed by atoms with Gasteiger partial charge in [0.15, 0.2) is 5.82 Å². The molecule has 2 aromatic rings. The Hall–Kier alpha value is -2.24. The molecule has 0 spiro atoms. The van der Waals surface area contributed by atoms with Crippen molar-refractivity contribution in [2.45, 2.75) is 20.3 Å². The molecule has 1 heterocycles. The van der Waals surface area contributed by atoms with E-state index in [2.05, 4.69) is 15.4 Å². The topological polar surface area (TPSA) is 80.9 Å². The number of benzene rings is 1. The van der Waals surface area contributed by atoms with E-state index in [0.29, 0.717) is 0 Å². The van der Waals surface area contributed by atoms with Crippen LogP contribution in [0.3, 0.4) is 0 Å². The van der Waals surface area contributed by atoms with Crippen molar-refractivity contribution in [2.24, 2.45) is 0 Å². The first-order valence-corrected chi connectivity index (χ1v) is 5.15. The molecule has 0 saturated heterocycles. The van der Waals surface area contributed by atoms with Crippen LogP contribution in [0.25, 0.3) is 5.69 Å². The van der Waals surface area contributed by atoms with Gasteiger partial charge in [0.2, 0.25) is 0 Å². The molecule has 2 rings (SSSR count). The van der Waals surface area contributed by atoms with Crippen molar-refractivity contribution in [3.63, 3.8) is 0 Å². The number of carboxylic acids is 1. The summed E-state index contributed by atoms with van der Waals surface area (Å²) in [6.45, 7) is 3.96. The van der Waals surface area contributed by atoms with Crippen molar-refractivity contribution in [3.05, 3.63) is 35.2 Å². The standard InChI is InChI=1S/C11H12N4O2/c1-7-4-3-5-9(8(7)2)15-13-10(12-14-15)6-11(16)17/h3-5H,6H2,1-2H3,(H,16,17). The van der Waals surface area contributed by atoms with Gasteiger partial charge in [0.25, 0.3) is 0 Å².